The van der Waals surface area contributed by atoms with Gasteiger partial charge >= 0.3 is 7.48 Å². The molecule has 27 heavy (non-hydrogen) atoms. The van der Waals surface area contributed by atoms with Gasteiger partial charge in [0.2, 0.25) is 0 Å². The van der Waals surface area contributed by atoms with E-state index in [2.05, 4.69) is 66.7 Å². The Morgan fingerprint density at radius 1 is 0.704 bits per heavy atom. The smallest absolute Gasteiger partial charge is 0.310 e. The van der Waals surface area contributed by atoms with Crippen molar-refractivity contribution in [3.63, 3.8) is 0 Å². The third-order valence-corrected chi connectivity index (χ3v) is 5.91. The van der Waals surface area contributed by atoms with Gasteiger partial charge in [-0.2, -0.15) is 0 Å². The molecule has 0 bridgehead atoms. The number of hydrogen-bond acceptors (Lipinski definition) is 2. The van der Waals surface area contributed by atoms with Gasteiger partial charge in [-0.3, -0.25) is 0 Å². The molecule has 0 saturated heterocycles. The molecule has 4 aromatic carbocycles. The lowest BCUT2D eigenvalue weighted by Crippen LogP contribution is -2.49. The minimum atomic E-state index is -0.924. The van der Waals surface area contributed by atoms with E-state index in [4.69, 9.17) is 4.65 Å². The number of benzene rings is 4. The van der Waals surface area contributed by atoms with Gasteiger partial charge in [0.1, 0.15) is 0 Å². The first-order chi connectivity index (χ1) is 12.8. The van der Waals surface area contributed by atoms with Crippen LogP contribution in [0.2, 0.25) is 0 Å². The second kappa shape index (κ2) is 6.37. The van der Waals surface area contributed by atoms with E-state index < -0.39 is 11.2 Å². The highest BCUT2D eigenvalue weighted by molar-refractivity contribution is 6.53. The average Bonchev–Trinajstić information content (AvgIpc) is 2.65. The van der Waals surface area contributed by atoms with Crippen LogP contribution in [0, 0.1) is 0 Å². The maximum Gasteiger partial charge on any atom is 0.310 e. The van der Waals surface area contributed by atoms with Gasteiger partial charge in [0, 0.05) is 0 Å². The first-order valence-electron chi connectivity index (χ1n) is 9.46. The molecule has 0 fully saturated rings. The lowest BCUT2D eigenvalue weighted by molar-refractivity contribution is -0.0893. The molecule has 0 aliphatic carbocycles. The summed E-state index contributed by atoms with van der Waals surface area (Å²) in [5, 5.41) is 17.9. The zero-order valence-electron chi connectivity index (χ0n) is 16.4. The van der Waals surface area contributed by atoms with E-state index in [0.717, 1.165) is 5.46 Å². The third kappa shape index (κ3) is 3.11. The van der Waals surface area contributed by atoms with Crippen molar-refractivity contribution < 1.29 is 9.76 Å². The minimum absolute atomic E-state index is 0.455. The molecule has 0 radical (unpaired) electrons. The summed E-state index contributed by atoms with van der Waals surface area (Å²) in [6.45, 7) is 7.45. The zero-order chi connectivity index (χ0) is 19.2. The Kier molecular flexibility index (Phi) is 4.25. The lowest BCUT2D eigenvalue weighted by Gasteiger charge is -2.37. The highest BCUT2D eigenvalue weighted by Crippen LogP contribution is 2.31. The number of rotatable bonds is 4. The minimum Gasteiger partial charge on any atom is -0.427 e. The normalized spacial score (nSPS) is 12.8. The fourth-order valence-corrected chi connectivity index (χ4v) is 3.49. The highest BCUT2D eigenvalue weighted by atomic mass is 16.5. The fourth-order valence-electron chi connectivity index (χ4n) is 3.49. The van der Waals surface area contributed by atoms with Gasteiger partial charge in [-0.25, -0.2) is 0 Å². The van der Waals surface area contributed by atoms with E-state index in [1.165, 1.54) is 32.3 Å². The molecule has 0 aliphatic heterocycles. The number of aliphatic hydroxyl groups is 1. The van der Waals surface area contributed by atoms with Crippen molar-refractivity contribution in [1.29, 1.82) is 0 Å². The summed E-state index contributed by atoms with van der Waals surface area (Å²) in [5.41, 5.74) is -0.430. The van der Waals surface area contributed by atoms with E-state index in [0.29, 0.717) is 7.48 Å². The molecular formula is C24H25BO2. The summed E-state index contributed by atoms with van der Waals surface area (Å²) < 4.78 is 6.20. The Balaban J connectivity index is 1.92. The third-order valence-electron chi connectivity index (χ3n) is 5.91. The molecule has 4 aromatic rings. The Labute approximate surface area is 161 Å². The van der Waals surface area contributed by atoms with Crippen LogP contribution in [0.5, 0.6) is 0 Å². The molecule has 0 aliphatic rings. The first-order valence-corrected chi connectivity index (χ1v) is 9.46. The van der Waals surface area contributed by atoms with Crippen molar-refractivity contribution in [2.75, 3.05) is 0 Å². The highest BCUT2D eigenvalue weighted by Gasteiger charge is 2.35. The molecular weight excluding hydrogens is 331 g/mol. The summed E-state index contributed by atoms with van der Waals surface area (Å²) in [6, 6.07) is 23.6. The van der Waals surface area contributed by atoms with Crippen molar-refractivity contribution in [2.45, 2.75) is 38.9 Å². The largest absolute Gasteiger partial charge is 0.427 e. The lowest BCUT2D eigenvalue weighted by atomic mass is 9.78. The van der Waals surface area contributed by atoms with E-state index in [9.17, 15) is 5.11 Å². The predicted octanol–water partition coefficient (Wildman–Crippen LogP) is 4.69. The monoisotopic (exact) mass is 356 g/mol. The predicted molar refractivity (Wildman–Crippen MR) is 117 cm³/mol. The van der Waals surface area contributed by atoms with Crippen LogP contribution < -0.4 is 5.46 Å². The summed E-state index contributed by atoms with van der Waals surface area (Å²) >= 11 is 0. The Bertz CT molecular complexity index is 1140. The van der Waals surface area contributed by atoms with E-state index in [-0.39, 0.29) is 0 Å². The van der Waals surface area contributed by atoms with Gasteiger partial charge < -0.3 is 9.76 Å². The van der Waals surface area contributed by atoms with Crippen molar-refractivity contribution in [1.82, 2.24) is 0 Å². The Morgan fingerprint density at radius 2 is 1.30 bits per heavy atom. The van der Waals surface area contributed by atoms with Crippen LogP contribution in [-0.4, -0.2) is 23.8 Å². The molecule has 0 unspecified atom stereocenters. The second-order valence-electron chi connectivity index (χ2n) is 8.32. The average molecular weight is 356 g/mol. The van der Waals surface area contributed by atoms with Gasteiger partial charge in [0.25, 0.3) is 0 Å². The summed E-state index contributed by atoms with van der Waals surface area (Å²) in [4.78, 5) is 0. The van der Waals surface area contributed by atoms with Crippen molar-refractivity contribution >= 4 is 45.3 Å². The van der Waals surface area contributed by atoms with Crippen LogP contribution in [0.3, 0.4) is 0 Å². The van der Waals surface area contributed by atoms with Gasteiger partial charge in [-0.1, -0.05) is 66.7 Å². The SMILES string of the molecule is CC(C)(O)C(C)(C)OBc1cc2c3ccccc3ccc2c2ccccc12. The number of fused-ring (bicyclic) bond motifs is 5. The van der Waals surface area contributed by atoms with Crippen molar-refractivity contribution in [2.24, 2.45) is 0 Å². The van der Waals surface area contributed by atoms with E-state index in [1.807, 2.05) is 13.8 Å². The standard InChI is InChI=1S/C24H25BO2/c1-23(2,26)24(3,4)27-25-22-15-21-17-10-6-5-9-16(17)13-14-19(21)18-11-7-8-12-20(18)22/h5-15,25-26H,1-4H3. The summed E-state index contributed by atoms with van der Waals surface area (Å²) in [5.74, 6) is 0. The Morgan fingerprint density at radius 3 is 2.00 bits per heavy atom. The molecule has 0 amide bonds. The topological polar surface area (TPSA) is 29.5 Å². The van der Waals surface area contributed by atoms with Crippen LogP contribution in [0.4, 0.5) is 0 Å². The summed E-state index contributed by atoms with van der Waals surface area (Å²) in [7, 11) is 0.455. The Hall–Kier alpha value is -2.36. The van der Waals surface area contributed by atoms with Crippen LogP contribution in [-0.2, 0) is 4.65 Å². The van der Waals surface area contributed by atoms with E-state index >= 15 is 0 Å². The van der Waals surface area contributed by atoms with Crippen molar-refractivity contribution in [3.8, 4) is 0 Å². The summed E-state index contributed by atoms with van der Waals surface area (Å²) in [6.07, 6.45) is 0. The van der Waals surface area contributed by atoms with Gasteiger partial charge in [-0.05, 0) is 65.5 Å². The molecule has 0 atom stereocenters. The van der Waals surface area contributed by atoms with Gasteiger partial charge in [-0.15, -0.1) is 0 Å². The zero-order valence-corrected chi connectivity index (χ0v) is 16.4. The molecule has 0 heterocycles. The van der Waals surface area contributed by atoms with Crippen LogP contribution in [0.1, 0.15) is 27.7 Å². The van der Waals surface area contributed by atoms with Gasteiger partial charge in [0.05, 0.1) is 11.2 Å². The van der Waals surface area contributed by atoms with Crippen LogP contribution in [0.15, 0.2) is 66.7 Å². The maximum absolute atomic E-state index is 10.4. The molecule has 0 saturated carbocycles. The molecule has 0 aromatic heterocycles. The van der Waals surface area contributed by atoms with Crippen LogP contribution in [0.25, 0.3) is 32.3 Å². The molecule has 1 N–H and O–H groups in total. The van der Waals surface area contributed by atoms with Crippen molar-refractivity contribution in [3.05, 3.63) is 66.7 Å². The first kappa shape index (κ1) is 18.0. The second-order valence-corrected chi connectivity index (χ2v) is 8.32. The number of hydrogen-bond donors (Lipinski definition) is 1. The maximum atomic E-state index is 10.4. The molecule has 0 spiro atoms. The quantitative estimate of drug-likeness (QED) is 0.425. The molecule has 4 rings (SSSR count). The molecule has 3 heteroatoms. The fraction of sp³-hybridized carbons (Fsp3) is 0.250. The van der Waals surface area contributed by atoms with E-state index in [1.54, 1.807) is 13.8 Å². The van der Waals surface area contributed by atoms with Crippen LogP contribution >= 0.6 is 0 Å². The van der Waals surface area contributed by atoms with Gasteiger partial charge in [0.15, 0.2) is 0 Å². The molecule has 2 nitrogen and oxygen atoms in total. The molecule has 136 valence electrons.